The molecule has 13 atom stereocenters. The average Bonchev–Trinajstić information content (AvgIpc) is 2.94. The second-order valence-electron chi connectivity index (χ2n) is 10.7. The van der Waals surface area contributed by atoms with Crippen molar-refractivity contribution in [3.8, 4) is 0 Å². The lowest BCUT2D eigenvalue weighted by Crippen LogP contribution is -2.57. The van der Waals surface area contributed by atoms with Gasteiger partial charge < -0.3 is 72.1 Å². The van der Waals surface area contributed by atoms with Crippen LogP contribution in [0.15, 0.2) is 0 Å². The predicted molar refractivity (Wildman–Crippen MR) is 148 cm³/mol. The second kappa shape index (κ2) is 19.3. The first-order valence-corrected chi connectivity index (χ1v) is 14.4. The molecule has 13 N–H and O–H groups in total. The number of nitrogens with one attached hydrogen (secondary N) is 1. The summed E-state index contributed by atoms with van der Waals surface area (Å²) in [6.45, 7) is 5.17. The first-order valence-electron chi connectivity index (χ1n) is 14.4. The van der Waals surface area contributed by atoms with E-state index in [0.29, 0.717) is 6.42 Å². The van der Waals surface area contributed by atoms with Crippen LogP contribution in [0.2, 0.25) is 0 Å². The second-order valence-corrected chi connectivity index (χ2v) is 10.7. The smallest absolute Gasteiger partial charge is 0.248 e. The molecule has 1 aliphatic rings. The molecule has 0 aromatic carbocycles. The minimum absolute atomic E-state index is 0.00952. The van der Waals surface area contributed by atoms with E-state index >= 15 is 0 Å². The van der Waals surface area contributed by atoms with E-state index in [1.807, 2.05) is 6.92 Å². The highest BCUT2D eigenvalue weighted by Crippen LogP contribution is 2.28. The van der Waals surface area contributed by atoms with Crippen LogP contribution in [0.3, 0.4) is 0 Å². The van der Waals surface area contributed by atoms with Gasteiger partial charge in [0.2, 0.25) is 5.91 Å². The zero-order chi connectivity index (χ0) is 31.3. The van der Waals surface area contributed by atoms with Crippen LogP contribution in [0.1, 0.15) is 53.4 Å². The van der Waals surface area contributed by atoms with E-state index in [1.165, 1.54) is 13.8 Å². The molecule has 1 amide bonds. The van der Waals surface area contributed by atoms with Gasteiger partial charge in [-0.25, -0.2) is 0 Å². The number of hydrogen-bond acceptors (Lipinski definition) is 14. The molecular weight excluding hydrogens is 544 g/mol. The van der Waals surface area contributed by atoms with Gasteiger partial charge in [-0.15, -0.1) is 0 Å². The molecule has 0 saturated carbocycles. The molecule has 0 aliphatic carbocycles. The van der Waals surface area contributed by atoms with Gasteiger partial charge >= 0.3 is 0 Å². The summed E-state index contributed by atoms with van der Waals surface area (Å²) in [6.07, 6.45) is -10.8. The summed E-state index contributed by atoms with van der Waals surface area (Å²) < 4.78 is 23.7. The van der Waals surface area contributed by atoms with Crippen molar-refractivity contribution in [3.63, 3.8) is 0 Å². The maximum absolute atomic E-state index is 12.5. The van der Waals surface area contributed by atoms with Gasteiger partial charge in [-0.05, 0) is 46.1 Å². The maximum atomic E-state index is 12.5. The maximum Gasteiger partial charge on any atom is 0.248 e. The van der Waals surface area contributed by atoms with Gasteiger partial charge in [0, 0.05) is 19.0 Å². The van der Waals surface area contributed by atoms with Crippen molar-refractivity contribution in [1.82, 2.24) is 5.32 Å². The Morgan fingerprint density at radius 2 is 1.66 bits per heavy atom. The quantitative estimate of drug-likeness (QED) is 0.0613. The Hall–Kier alpha value is -1.05. The van der Waals surface area contributed by atoms with Gasteiger partial charge in [-0.2, -0.15) is 0 Å². The van der Waals surface area contributed by atoms with Crippen molar-refractivity contribution in [2.24, 2.45) is 23.1 Å². The Balaban J connectivity index is 3.36. The molecule has 1 fully saturated rings. The lowest BCUT2D eigenvalue weighted by molar-refractivity contribution is -0.285. The zero-order valence-electron chi connectivity index (χ0n) is 24.6. The Labute approximate surface area is 242 Å². The van der Waals surface area contributed by atoms with Crippen molar-refractivity contribution in [2.45, 2.75) is 127 Å². The number of ether oxygens (including phenoxy) is 4. The fourth-order valence-electron chi connectivity index (χ4n) is 4.30. The largest absolute Gasteiger partial charge is 0.394 e. The van der Waals surface area contributed by atoms with Gasteiger partial charge in [0.05, 0.1) is 37.1 Å². The van der Waals surface area contributed by atoms with Crippen LogP contribution in [-0.4, -0.2) is 136 Å². The monoisotopic (exact) mass is 598 g/mol. The van der Waals surface area contributed by atoms with Crippen molar-refractivity contribution < 1.29 is 54.4 Å². The van der Waals surface area contributed by atoms with Crippen molar-refractivity contribution in [2.75, 3.05) is 26.2 Å². The number of aliphatic hydroxyl groups is 6. The molecular formula is C26H54N4O11. The van der Waals surface area contributed by atoms with Crippen LogP contribution in [-0.2, 0) is 23.7 Å². The molecule has 1 heterocycles. The third-order valence-electron chi connectivity index (χ3n) is 7.35. The summed E-state index contributed by atoms with van der Waals surface area (Å²) in [7, 11) is 0. The standard InChI is InChI=1S/C26H54N4O11/c1-5-16-6-7-17(29)25(38-16)41-23(13(2)14(3)32)22(36)20(11-30-24(37)18(34)8-9-27)39-26(19(35)10-28)40-21(12-31)15(4)33/h13-23,25-26,31-36H,5-12,27-29H2,1-4H3,(H,30,37)/t13-,14-,15-,16+,17?,18-,19-,20-,21?,22?,23?,25+,26-/m0/s1. The minimum Gasteiger partial charge on any atom is -0.394 e. The first-order chi connectivity index (χ1) is 19.3. The number of amides is 1. The summed E-state index contributed by atoms with van der Waals surface area (Å²) in [5.41, 5.74) is 17.3. The van der Waals surface area contributed by atoms with Crippen LogP contribution in [0, 0.1) is 5.92 Å². The Kier molecular flexibility index (Phi) is 17.9. The summed E-state index contributed by atoms with van der Waals surface area (Å²) in [5.74, 6) is -1.48. The highest BCUT2D eigenvalue weighted by Gasteiger charge is 2.42. The molecule has 0 spiro atoms. The first kappa shape index (κ1) is 38.0. The average molecular weight is 599 g/mol. The van der Waals surface area contributed by atoms with E-state index in [4.69, 9.17) is 36.1 Å². The Morgan fingerprint density at radius 1 is 1.02 bits per heavy atom. The topological polar surface area (TPSA) is 265 Å². The van der Waals surface area contributed by atoms with Crippen LogP contribution in [0.4, 0.5) is 0 Å². The van der Waals surface area contributed by atoms with Crippen molar-refractivity contribution in [3.05, 3.63) is 0 Å². The molecule has 1 rings (SSSR count). The van der Waals surface area contributed by atoms with E-state index in [0.717, 1.165) is 12.8 Å². The molecule has 244 valence electrons. The summed E-state index contributed by atoms with van der Waals surface area (Å²) in [5, 5.41) is 64.7. The third kappa shape index (κ3) is 12.2. The molecule has 0 bridgehead atoms. The van der Waals surface area contributed by atoms with Crippen LogP contribution in [0.25, 0.3) is 0 Å². The molecule has 0 radical (unpaired) electrons. The van der Waals surface area contributed by atoms with Crippen LogP contribution >= 0.6 is 0 Å². The summed E-state index contributed by atoms with van der Waals surface area (Å²) in [6, 6.07) is -0.509. The number of hydrogen-bond donors (Lipinski definition) is 10. The molecule has 0 aromatic heterocycles. The lowest BCUT2D eigenvalue weighted by atomic mass is 9.91. The number of nitrogens with two attached hydrogens (primary N) is 3. The Morgan fingerprint density at radius 3 is 2.17 bits per heavy atom. The van der Waals surface area contributed by atoms with Crippen LogP contribution < -0.4 is 22.5 Å². The molecule has 1 saturated heterocycles. The van der Waals surface area contributed by atoms with Gasteiger partial charge in [-0.3, -0.25) is 4.79 Å². The van der Waals surface area contributed by atoms with Crippen LogP contribution in [0.5, 0.6) is 0 Å². The highest BCUT2D eigenvalue weighted by molar-refractivity contribution is 5.80. The third-order valence-corrected chi connectivity index (χ3v) is 7.35. The molecule has 1 aliphatic heterocycles. The number of carbonyl (C=O) groups is 1. The zero-order valence-corrected chi connectivity index (χ0v) is 24.6. The SMILES string of the molecule is CC[C@@H]1CCC(N)[C@@H](OC(C(O)[C@H](CNC(=O)[C@@H](O)CCN)O[C@@H](OC(CO)[C@H](C)O)[C@@H](O)CN)[C@@H](C)[C@H](C)O)O1. The van der Waals surface area contributed by atoms with E-state index in [2.05, 4.69) is 5.32 Å². The van der Waals surface area contributed by atoms with Crippen molar-refractivity contribution >= 4 is 5.91 Å². The van der Waals surface area contributed by atoms with E-state index in [9.17, 15) is 35.4 Å². The highest BCUT2D eigenvalue weighted by atomic mass is 16.7. The fraction of sp³-hybridized carbons (Fsp3) is 0.962. The van der Waals surface area contributed by atoms with Gasteiger partial charge in [0.25, 0.3) is 0 Å². The number of carbonyl (C=O) groups excluding carboxylic acids is 1. The Bertz CT molecular complexity index is 723. The summed E-state index contributed by atoms with van der Waals surface area (Å²) >= 11 is 0. The molecule has 41 heavy (non-hydrogen) atoms. The van der Waals surface area contributed by atoms with Gasteiger partial charge in [-0.1, -0.05) is 13.8 Å². The fourth-order valence-corrected chi connectivity index (χ4v) is 4.30. The number of rotatable bonds is 20. The van der Waals surface area contributed by atoms with Gasteiger partial charge in [0.1, 0.15) is 30.5 Å². The predicted octanol–water partition coefficient (Wildman–Crippen LogP) is -3.39. The minimum atomic E-state index is -1.58. The molecule has 4 unspecified atom stereocenters. The van der Waals surface area contributed by atoms with E-state index in [1.54, 1.807) is 6.92 Å². The van der Waals surface area contributed by atoms with Gasteiger partial charge in [0.15, 0.2) is 12.6 Å². The van der Waals surface area contributed by atoms with E-state index in [-0.39, 0.29) is 25.6 Å². The summed E-state index contributed by atoms with van der Waals surface area (Å²) in [4.78, 5) is 12.5. The molecule has 0 aromatic rings. The lowest BCUT2D eigenvalue weighted by Gasteiger charge is -2.41. The molecule has 15 nitrogen and oxygen atoms in total. The molecule has 15 heteroatoms. The normalized spacial score (nSPS) is 27.1. The van der Waals surface area contributed by atoms with E-state index < -0.39 is 92.4 Å². The number of aliphatic hydroxyl groups excluding tert-OH is 6. The van der Waals surface area contributed by atoms with Crippen molar-refractivity contribution in [1.29, 1.82) is 0 Å².